The molecule has 0 aliphatic carbocycles. The van der Waals surface area contributed by atoms with Crippen LogP contribution >= 0.6 is 11.8 Å². The molecule has 0 aromatic rings. The zero-order chi connectivity index (χ0) is 23.4. The van der Waals surface area contributed by atoms with E-state index in [-0.39, 0.29) is 36.2 Å². The number of carbonyl (C=O) groups excluding carboxylic acids is 3. The molecule has 2 saturated heterocycles. The van der Waals surface area contributed by atoms with Crippen molar-refractivity contribution in [2.45, 2.75) is 67.9 Å². The monoisotopic (exact) mass is 476 g/mol. The molecule has 2 fully saturated rings. The highest BCUT2D eigenvalue weighted by Gasteiger charge is 2.70. The molecule has 0 bridgehead atoms. The Bertz CT molecular complexity index is 815. The van der Waals surface area contributed by atoms with Crippen LogP contribution in [0, 0.1) is 11.8 Å². The summed E-state index contributed by atoms with van der Waals surface area (Å²) in [6, 6.07) is -0.591. The summed E-state index contributed by atoms with van der Waals surface area (Å²) in [7, 11) is 0. The van der Waals surface area contributed by atoms with Crippen LogP contribution < -0.4 is 0 Å². The van der Waals surface area contributed by atoms with Gasteiger partial charge in [-0.15, -0.1) is 11.8 Å². The summed E-state index contributed by atoms with van der Waals surface area (Å²) in [5.41, 5.74) is 0. The number of likely N-dealkylation sites (tertiary alicyclic amines) is 1. The van der Waals surface area contributed by atoms with E-state index < -0.39 is 22.6 Å². The van der Waals surface area contributed by atoms with Gasteiger partial charge < -0.3 is 19.6 Å². The zero-order valence-electron chi connectivity index (χ0n) is 19.5. The number of carbonyl (C=O) groups is 3. The van der Waals surface area contributed by atoms with Gasteiger partial charge in [-0.1, -0.05) is 56.9 Å². The first-order valence-electron chi connectivity index (χ1n) is 12.4. The zero-order valence-corrected chi connectivity index (χ0v) is 20.3. The van der Waals surface area contributed by atoms with Crippen LogP contribution in [-0.4, -0.2) is 81.6 Å². The van der Waals surface area contributed by atoms with Crippen molar-refractivity contribution in [2.75, 3.05) is 32.8 Å². The summed E-state index contributed by atoms with van der Waals surface area (Å²) in [6.45, 7) is 4.27. The van der Waals surface area contributed by atoms with E-state index in [9.17, 15) is 14.4 Å². The van der Waals surface area contributed by atoms with Crippen LogP contribution in [0.25, 0.3) is 0 Å². The van der Waals surface area contributed by atoms with Gasteiger partial charge in [0.15, 0.2) is 0 Å². The van der Waals surface area contributed by atoms with Gasteiger partial charge in [-0.05, 0) is 19.3 Å². The quantitative estimate of drug-likeness (QED) is 0.296. The highest BCUT2D eigenvalue weighted by atomic mass is 32.2. The minimum atomic E-state index is -0.741. The van der Waals surface area contributed by atoms with Gasteiger partial charge in [-0.2, -0.15) is 0 Å². The molecule has 7 nitrogen and oxygen atoms in total. The van der Waals surface area contributed by atoms with Crippen LogP contribution in [0.1, 0.15) is 51.9 Å². The largest absolute Gasteiger partial charge is 0.461 e. The Kier molecular flexibility index (Phi) is 7.84. The topological polar surface area (TPSA) is 87.2 Å². The predicted octanol–water partition coefficient (Wildman–Crippen LogP) is 2.54. The second kappa shape index (κ2) is 10.6. The Morgan fingerprint density at radius 2 is 1.85 bits per heavy atom. The van der Waals surface area contributed by atoms with Crippen molar-refractivity contribution >= 4 is 29.5 Å². The third-order valence-electron chi connectivity index (χ3n) is 7.34. The van der Waals surface area contributed by atoms with E-state index in [0.29, 0.717) is 19.6 Å². The molecule has 0 saturated carbocycles. The maximum Gasteiger partial charge on any atom is 0.311 e. The number of hydrogen-bond acceptors (Lipinski definition) is 6. The number of aliphatic hydroxyl groups excluding tert-OH is 1. The molecular weight excluding hydrogens is 440 g/mol. The molecule has 0 radical (unpaired) electrons. The van der Waals surface area contributed by atoms with Crippen LogP contribution in [0.2, 0.25) is 0 Å². The number of esters is 1. The number of ether oxygens (including phenoxy) is 1. The van der Waals surface area contributed by atoms with Crippen molar-refractivity contribution in [1.82, 2.24) is 9.80 Å². The van der Waals surface area contributed by atoms with Crippen LogP contribution in [0.5, 0.6) is 0 Å². The van der Waals surface area contributed by atoms with E-state index in [2.05, 4.69) is 13.0 Å². The minimum absolute atomic E-state index is 0.00335. The summed E-state index contributed by atoms with van der Waals surface area (Å²) < 4.78 is 4.66. The van der Waals surface area contributed by atoms with Gasteiger partial charge in [0.1, 0.15) is 12.6 Å². The average molecular weight is 477 g/mol. The third-order valence-corrected chi connectivity index (χ3v) is 9.08. The van der Waals surface area contributed by atoms with E-state index in [1.54, 1.807) is 16.7 Å². The maximum absolute atomic E-state index is 13.9. The lowest BCUT2D eigenvalue weighted by Gasteiger charge is -2.35. The molecule has 33 heavy (non-hydrogen) atoms. The van der Waals surface area contributed by atoms with Crippen molar-refractivity contribution in [3.05, 3.63) is 24.3 Å². The predicted molar refractivity (Wildman–Crippen MR) is 127 cm³/mol. The van der Waals surface area contributed by atoms with Crippen molar-refractivity contribution in [3.63, 3.8) is 0 Å². The average Bonchev–Trinajstić information content (AvgIpc) is 3.10. The van der Waals surface area contributed by atoms with Gasteiger partial charge in [0.05, 0.1) is 16.6 Å². The Balaban J connectivity index is 1.65. The second-order valence-electron chi connectivity index (χ2n) is 9.46. The van der Waals surface area contributed by atoms with Crippen molar-refractivity contribution in [2.24, 2.45) is 11.8 Å². The molecule has 1 unspecified atom stereocenters. The van der Waals surface area contributed by atoms with E-state index in [1.165, 1.54) is 0 Å². The number of cyclic esters (lactones) is 1. The van der Waals surface area contributed by atoms with E-state index in [4.69, 9.17) is 9.84 Å². The molecule has 1 N–H and O–H groups in total. The molecule has 4 aliphatic heterocycles. The highest BCUT2D eigenvalue weighted by Crippen LogP contribution is 2.60. The fourth-order valence-corrected chi connectivity index (χ4v) is 7.76. The van der Waals surface area contributed by atoms with Crippen LogP contribution in [-0.2, 0) is 19.1 Å². The molecule has 4 rings (SSSR count). The van der Waals surface area contributed by atoms with Crippen molar-refractivity contribution in [1.29, 1.82) is 0 Å². The maximum atomic E-state index is 13.9. The fourth-order valence-electron chi connectivity index (χ4n) is 5.76. The van der Waals surface area contributed by atoms with E-state index >= 15 is 0 Å². The number of thioether (sulfide) groups is 1. The molecule has 1 spiro atoms. The Morgan fingerprint density at radius 1 is 1.06 bits per heavy atom. The normalized spacial score (nSPS) is 33.0. The number of aliphatic hydroxyl groups is 1. The molecular formula is C25H36N2O5S. The molecule has 182 valence electrons. The number of unbranched alkanes of at least 4 members (excludes halogenated alkanes) is 5. The van der Waals surface area contributed by atoms with Crippen LogP contribution in [0.4, 0.5) is 0 Å². The summed E-state index contributed by atoms with van der Waals surface area (Å²) in [5.74, 6) is -1.57. The molecule has 0 aromatic carbocycles. The fraction of sp³-hybridized carbons (Fsp3) is 0.720. The highest BCUT2D eigenvalue weighted by molar-refractivity contribution is 8.02. The molecule has 2 amide bonds. The Hall–Kier alpha value is -1.80. The summed E-state index contributed by atoms with van der Waals surface area (Å²) in [4.78, 5) is 44.3. The van der Waals surface area contributed by atoms with Crippen molar-refractivity contribution in [3.8, 4) is 0 Å². The van der Waals surface area contributed by atoms with E-state index in [1.807, 2.05) is 23.1 Å². The number of amides is 2. The number of rotatable bonds is 10. The first-order chi connectivity index (χ1) is 16.0. The van der Waals surface area contributed by atoms with Gasteiger partial charge >= 0.3 is 5.97 Å². The first kappa shape index (κ1) is 24.3. The Morgan fingerprint density at radius 3 is 2.64 bits per heavy atom. The van der Waals surface area contributed by atoms with Crippen molar-refractivity contribution < 1.29 is 24.2 Å². The number of hydrogen-bond donors (Lipinski definition) is 1. The molecule has 8 heteroatoms. The SMILES string of the molecule is CCCCCN1CC=C[C@]23S[C@H]4C=CCOC(=O)[C@H]4[C@H]2C(=O)N(CCCCCCO)C3C1=O. The third kappa shape index (κ3) is 4.48. The summed E-state index contributed by atoms with van der Waals surface area (Å²) >= 11 is 1.60. The number of fused-ring (bicyclic) bond motifs is 2. The van der Waals surface area contributed by atoms with Crippen LogP contribution in [0.15, 0.2) is 24.3 Å². The molecule has 5 atom stereocenters. The van der Waals surface area contributed by atoms with Gasteiger partial charge in [-0.3, -0.25) is 14.4 Å². The lowest BCUT2D eigenvalue weighted by Crippen LogP contribution is -2.53. The lowest BCUT2D eigenvalue weighted by atomic mass is 9.78. The van der Waals surface area contributed by atoms with E-state index in [0.717, 1.165) is 44.9 Å². The second-order valence-corrected chi connectivity index (χ2v) is 11.0. The molecule has 4 heterocycles. The van der Waals surface area contributed by atoms with Gasteiger partial charge in [0, 0.05) is 31.5 Å². The van der Waals surface area contributed by atoms with Gasteiger partial charge in [0.2, 0.25) is 11.8 Å². The first-order valence-corrected chi connectivity index (χ1v) is 13.3. The summed E-state index contributed by atoms with van der Waals surface area (Å²) in [6.07, 6.45) is 14.3. The minimum Gasteiger partial charge on any atom is -0.461 e. The molecule has 0 aromatic heterocycles. The molecule has 4 aliphatic rings. The van der Waals surface area contributed by atoms with Gasteiger partial charge in [-0.25, -0.2) is 0 Å². The standard InChI is InChI=1S/C25H36N2O5S/c1-2-3-6-13-26-14-10-12-25-20(19-18(33-25)11-9-17-32-24(19)31)22(29)27(21(25)23(26)30)15-7-4-5-8-16-28/h9-12,18-21,28H,2-8,13-17H2,1H3/t18-,19+,20-,21?,25-/m0/s1. The Labute approximate surface area is 200 Å². The lowest BCUT2D eigenvalue weighted by molar-refractivity contribution is -0.151. The van der Waals surface area contributed by atoms with Gasteiger partial charge in [0.25, 0.3) is 0 Å². The smallest absolute Gasteiger partial charge is 0.311 e. The number of nitrogens with zero attached hydrogens (tertiary/aromatic N) is 2. The summed E-state index contributed by atoms with van der Waals surface area (Å²) in [5, 5.41) is 8.89. The van der Waals surface area contributed by atoms with Crippen LogP contribution in [0.3, 0.4) is 0 Å².